The summed E-state index contributed by atoms with van der Waals surface area (Å²) < 4.78 is 4.52. The molecule has 0 unspecified atom stereocenters. The highest BCUT2D eigenvalue weighted by atomic mass is 15.1. The summed E-state index contributed by atoms with van der Waals surface area (Å²) in [6.07, 6.45) is 0. The average Bonchev–Trinajstić information content (AvgIpc) is 3.75. The van der Waals surface area contributed by atoms with E-state index in [1.54, 1.807) is 0 Å². The second-order valence-corrected chi connectivity index (χ2v) is 13.4. The van der Waals surface area contributed by atoms with Gasteiger partial charge in [0.15, 0.2) is 0 Å². The van der Waals surface area contributed by atoms with Gasteiger partial charge in [-0.05, 0) is 56.6 Å². The van der Waals surface area contributed by atoms with Gasteiger partial charge in [-0.15, -0.1) is 0 Å². The van der Waals surface area contributed by atoms with Crippen molar-refractivity contribution in [1.82, 2.24) is 9.13 Å². The standard InChI is InChI=1S/C48H26N4/c49-27-29-25-26-30(28-50)46(52-42-24-12-10-22-40(42)44-36-18-6-2-14-32(36)34-16-4-8-20-38(34)48(44)52)45(29)51-41-23-11-9-21-39(41)43-35-17-5-1-13-31(35)33-15-3-7-19-37(33)47(43)51/h1-26H. The molecular formula is C48H26N4. The molecular weight excluding hydrogens is 633 g/mol. The van der Waals surface area contributed by atoms with Crippen molar-refractivity contribution in [2.75, 3.05) is 0 Å². The Morgan fingerprint density at radius 2 is 0.596 bits per heavy atom. The van der Waals surface area contributed by atoms with E-state index in [4.69, 9.17) is 0 Å². The molecule has 238 valence electrons. The lowest BCUT2D eigenvalue weighted by atomic mass is 9.96. The minimum atomic E-state index is 0.491. The molecule has 0 saturated heterocycles. The van der Waals surface area contributed by atoms with Crippen molar-refractivity contribution < 1.29 is 0 Å². The summed E-state index contributed by atoms with van der Waals surface area (Å²) in [6, 6.07) is 59.9. The van der Waals surface area contributed by atoms with E-state index >= 15 is 0 Å². The molecule has 11 rings (SSSR count). The molecule has 0 N–H and O–H groups in total. The average molecular weight is 659 g/mol. The second kappa shape index (κ2) is 10.6. The Bertz CT molecular complexity index is 3210. The first-order valence-electron chi connectivity index (χ1n) is 17.4. The molecule has 4 nitrogen and oxygen atoms in total. The Morgan fingerprint density at radius 1 is 0.308 bits per heavy atom. The maximum absolute atomic E-state index is 11.0. The van der Waals surface area contributed by atoms with Crippen LogP contribution in [0.4, 0.5) is 0 Å². The van der Waals surface area contributed by atoms with Crippen molar-refractivity contribution >= 4 is 86.7 Å². The Labute approximate surface area is 297 Å². The molecule has 0 spiro atoms. The Balaban J connectivity index is 1.45. The molecule has 0 bridgehead atoms. The predicted octanol–water partition coefficient (Wildman–Crippen LogP) is 12.2. The first-order chi connectivity index (χ1) is 25.8. The van der Waals surface area contributed by atoms with Crippen LogP contribution in [-0.2, 0) is 0 Å². The van der Waals surface area contributed by atoms with Crippen LogP contribution in [0.3, 0.4) is 0 Å². The molecule has 0 aliphatic heterocycles. The Hall–Kier alpha value is -7.40. The molecule has 2 aromatic heterocycles. The smallest absolute Gasteiger partial charge is 0.101 e. The summed E-state index contributed by atoms with van der Waals surface area (Å²) in [4.78, 5) is 0. The Kier molecular flexibility index (Phi) is 5.77. The van der Waals surface area contributed by atoms with Gasteiger partial charge in [0.1, 0.15) is 12.1 Å². The van der Waals surface area contributed by atoms with Gasteiger partial charge in [0, 0.05) is 32.3 Å². The molecule has 0 fully saturated rings. The minimum absolute atomic E-state index is 0.491. The lowest BCUT2D eigenvalue weighted by Crippen LogP contribution is -2.09. The lowest BCUT2D eigenvalue weighted by Gasteiger charge is -2.21. The van der Waals surface area contributed by atoms with E-state index in [9.17, 15) is 10.5 Å². The number of benzene rings is 9. The monoisotopic (exact) mass is 658 g/mol. The van der Waals surface area contributed by atoms with Crippen LogP contribution >= 0.6 is 0 Å². The largest absolute Gasteiger partial charge is 0.305 e. The van der Waals surface area contributed by atoms with Gasteiger partial charge < -0.3 is 9.13 Å². The highest BCUT2D eigenvalue weighted by molar-refractivity contribution is 6.34. The van der Waals surface area contributed by atoms with E-state index in [0.717, 1.165) is 75.9 Å². The second-order valence-electron chi connectivity index (χ2n) is 13.4. The van der Waals surface area contributed by atoms with E-state index in [-0.39, 0.29) is 0 Å². The molecule has 0 aliphatic carbocycles. The summed E-state index contributed by atoms with van der Waals surface area (Å²) >= 11 is 0. The van der Waals surface area contributed by atoms with Crippen LogP contribution in [0.2, 0.25) is 0 Å². The van der Waals surface area contributed by atoms with Gasteiger partial charge in [-0.3, -0.25) is 0 Å². The maximum Gasteiger partial charge on any atom is 0.101 e. The number of rotatable bonds is 2. The third-order valence-electron chi connectivity index (χ3n) is 10.9. The van der Waals surface area contributed by atoms with Gasteiger partial charge in [0.05, 0.1) is 44.6 Å². The summed E-state index contributed by atoms with van der Waals surface area (Å²) in [6.45, 7) is 0. The number of aromatic nitrogens is 2. The predicted molar refractivity (Wildman–Crippen MR) is 215 cm³/mol. The zero-order chi connectivity index (χ0) is 34.5. The fourth-order valence-corrected chi connectivity index (χ4v) is 8.93. The van der Waals surface area contributed by atoms with Crippen LogP contribution in [0.25, 0.3) is 98.1 Å². The number of hydrogen-bond donors (Lipinski definition) is 0. The SMILES string of the molecule is N#Cc1ccc(C#N)c(-n2c3ccccc3c3c4ccccc4c4ccccc4c32)c1-n1c2ccccc2c2c3ccccc3c3ccccc3c21. The molecule has 0 saturated carbocycles. The van der Waals surface area contributed by atoms with Crippen molar-refractivity contribution in [1.29, 1.82) is 10.5 Å². The van der Waals surface area contributed by atoms with Gasteiger partial charge in [0.2, 0.25) is 0 Å². The topological polar surface area (TPSA) is 57.4 Å². The highest BCUT2D eigenvalue weighted by Crippen LogP contribution is 2.47. The van der Waals surface area contributed by atoms with E-state index in [1.165, 1.54) is 10.8 Å². The van der Waals surface area contributed by atoms with Crippen LogP contribution in [-0.4, -0.2) is 9.13 Å². The van der Waals surface area contributed by atoms with Crippen LogP contribution in [0.15, 0.2) is 158 Å². The highest BCUT2D eigenvalue weighted by Gasteiger charge is 2.27. The van der Waals surface area contributed by atoms with Gasteiger partial charge in [-0.1, -0.05) is 133 Å². The molecule has 4 heteroatoms. The van der Waals surface area contributed by atoms with Crippen LogP contribution < -0.4 is 0 Å². The summed E-state index contributed by atoms with van der Waals surface area (Å²) in [5.74, 6) is 0. The third-order valence-corrected chi connectivity index (χ3v) is 10.9. The molecule has 2 heterocycles. The summed E-state index contributed by atoms with van der Waals surface area (Å²) in [5, 5.41) is 35.6. The molecule has 9 aromatic carbocycles. The number of nitrogens with zero attached hydrogens (tertiary/aromatic N) is 4. The quantitative estimate of drug-likeness (QED) is 0.174. The fraction of sp³-hybridized carbons (Fsp3) is 0. The van der Waals surface area contributed by atoms with E-state index < -0.39 is 0 Å². The molecule has 52 heavy (non-hydrogen) atoms. The van der Waals surface area contributed by atoms with Crippen molar-refractivity contribution in [2.45, 2.75) is 0 Å². The minimum Gasteiger partial charge on any atom is -0.305 e. The summed E-state index contributed by atoms with van der Waals surface area (Å²) in [7, 11) is 0. The van der Waals surface area contributed by atoms with Gasteiger partial charge >= 0.3 is 0 Å². The van der Waals surface area contributed by atoms with Crippen molar-refractivity contribution in [3.8, 4) is 23.5 Å². The zero-order valence-electron chi connectivity index (χ0n) is 27.8. The Morgan fingerprint density at radius 3 is 0.962 bits per heavy atom. The first kappa shape index (κ1) is 28.4. The van der Waals surface area contributed by atoms with Crippen molar-refractivity contribution in [3.05, 3.63) is 169 Å². The summed E-state index contributed by atoms with van der Waals surface area (Å²) in [5.41, 5.74) is 6.33. The molecule has 0 amide bonds. The van der Waals surface area contributed by atoms with E-state index in [2.05, 4.69) is 167 Å². The molecule has 11 aromatic rings. The third kappa shape index (κ3) is 3.58. The number of nitriles is 2. The van der Waals surface area contributed by atoms with E-state index in [0.29, 0.717) is 22.5 Å². The molecule has 0 aliphatic rings. The van der Waals surface area contributed by atoms with Crippen molar-refractivity contribution in [2.24, 2.45) is 0 Å². The zero-order valence-corrected chi connectivity index (χ0v) is 27.8. The van der Waals surface area contributed by atoms with Gasteiger partial charge in [-0.25, -0.2) is 0 Å². The molecule has 0 atom stereocenters. The maximum atomic E-state index is 11.0. The van der Waals surface area contributed by atoms with Gasteiger partial charge in [0.25, 0.3) is 0 Å². The lowest BCUT2D eigenvalue weighted by molar-refractivity contribution is 1.09. The first-order valence-corrected chi connectivity index (χ1v) is 17.4. The number of para-hydroxylation sites is 2. The van der Waals surface area contributed by atoms with Crippen molar-refractivity contribution in [3.63, 3.8) is 0 Å². The number of hydrogen-bond acceptors (Lipinski definition) is 2. The van der Waals surface area contributed by atoms with Crippen LogP contribution in [0, 0.1) is 22.7 Å². The molecule has 0 radical (unpaired) electrons. The van der Waals surface area contributed by atoms with Crippen LogP contribution in [0.1, 0.15) is 11.1 Å². The number of fused-ring (bicyclic) bond motifs is 16. The fourth-order valence-electron chi connectivity index (χ4n) is 8.93. The normalized spacial score (nSPS) is 11.8. The van der Waals surface area contributed by atoms with E-state index in [1.807, 2.05) is 12.1 Å². The van der Waals surface area contributed by atoms with Crippen LogP contribution in [0.5, 0.6) is 0 Å². The van der Waals surface area contributed by atoms with Gasteiger partial charge in [-0.2, -0.15) is 10.5 Å².